The predicted octanol–water partition coefficient (Wildman–Crippen LogP) is 1.49. The van der Waals surface area contributed by atoms with Crippen LogP contribution in [0.3, 0.4) is 0 Å². The van der Waals surface area contributed by atoms with Crippen molar-refractivity contribution in [1.29, 1.82) is 0 Å². The van der Waals surface area contributed by atoms with Crippen LogP contribution in [-0.2, 0) is 16.0 Å². The number of carbonyl (C=O) groups is 1. The summed E-state index contributed by atoms with van der Waals surface area (Å²) in [6.07, 6.45) is 1.12. The lowest BCUT2D eigenvalue weighted by atomic mass is 10.1. The van der Waals surface area contributed by atoms with Gasteiger partial charge in [-0.05, 0) is 27.6 Å². The molecule has 0 bridgehead atoms. The molecule has 1 atom stereocenters. The molecule has 0 spiro atoms. The number of rotatable bonds is 4. The van der Waals surface area contributed by atoms with E-state index in [1.165, 1.54) is 7.11 Å². The maximum absolute atomic E-state index is 10.7. The quantitative estimate of drug-likeness (QED) is 0.833. The molecular formula is C9H10BrNO3. The summed E-state index contributed by atoms with van der Waals surface area (Å²) in [6, 6.07) is 3.57. The molecule has 1 rings (SSSR count). The van der Waals surface area contributed by atoms with Gasteiger partial charge >= 0.3 is 5.97 Å². The summed E-state index contributed by atoms with van der Waals surface area (Å²) in [5.74, 6) is -0.969. The Balaban J connectivity index is 2.77. The highest BCUT2D eigenvalue weighted by Crippen LogP contribution is 2.15. The van der Waals surface area contributed by atoms with Crippen molar-refractivity contribution in [3.8, 4) is 0 Å². The van der Waals surface area contributed by atoms with E-state index in [2.05, 4.69) is 20.9 Å². The number of aliphatic carboxylic acids is 1. The third-order valence-electron chi connectivity index (χ3n) is 1.80. The van der Waals surface area contributed by atoms with Crippen LogP contribution in [-0.4, -0.2) is 29.3 Å². The number of carboxylic acids is 1. The van der Waals surface area contributed by atoms with E-state index in [0.717, 1.165) is 5.56 Å². The van der Waals surface area contributed by atoms with Gasteiger partial charge in [0.25, 0.3) is 0 Å². The third-order valence-corrected chi connectivity index (χ3v) is 2.52. The number of carboxylic acid groups (broad SMARTS) is 1. The van der Waals surface area contributed by atoms with E-state index in [4.69, 9.17) is 9.84 Å². The van der Waals surface area contributed by atoms with Crippen LogP contribution >= 0.6 is 15.9 Å². The molecule has 0 radical (unpaired) electrons. The molecule has 0 aromatic carbocycles. The average molecular weight is 260 g/mol. The Morgan fingerprint density at radius 3 is 3.00 bits per heavy atom. The van der Waals surface area contributed by atoms with E-state index in [9.17, 15) is 4.79 Å². The normalized spacial score (nSPS) is 12.4. The van der Waals surface area contributed by atoms with Crippen molar-refractivity contribution in [3.63, 3.8) is 0 Å². The van der Waals surface area contributed by atoms with Gasteiger partial charge in [-0.25, -0.2) is 9.78 Å². The van der Waals surface area contributed by atoms with Gasteiger partial charge < -0.3 is 9.84 Å². The first-order chi connectivity index (χ1) is 6.65. The molecule has 5 heteroatoms. The van der Waals surface area contributed by atoms with Gasteiger partial charge in [-0.1, -0.05) is 6.07 Å². The molecule has 4 nitrogen and oxygen atoms in total. The van der Waals surface area contributed by atoms with Gasteiger partial charge in [-0.3, -0.25) is 0 Å². The van der Waals surface area contributed by atoms with Gasteiger partial charge in [0.15, 0.2) is 6.10 Å². The molecule has 0 aliphatic carbocycles. The molecule has 14 heavy (non-hydrogen) atoms. The van der Waals surface area contributed by atoms with Crippen molar-refractivity contribution in [3.05, 3.63) is 28.5 Å². The number of nitrogens with zero attached hydrogens (tertiary/aromatic N) is 1. The number of halogens is 1. The first kappa shape index (κ1) is 11.1. The minimum absolute atomic E-state index is 0.306. The summed E-state index contributed by atoms with van der Waals surface area (Å²) in [6.45, 7) is 0. The molecule has 76 valence electrons. The van der Waals surface area contributed by atoms with Crippen LogP contribution in [0.2, 0.25) is 0 Å². The highest BCUT2D eigenvalue weighted by atomic mass is 79.9. The lowest BCUT2D eigenvalue weighted by Crippen LogP contribution is -2.25. The highest BCUT2D eigenvalue weighted by molar-refractivity contribution is 9.10. The van der Waals surface area contributed by atoms with E-state index in [1.807, 2.05) is 6.07 Å². The van der Waals surface area contributed by atoms with Crippen molar-refractivity contribution < 1.29 is 14.6 Å². The zero-order valence-electron chi connectivity index (χ0n) is 7.61. The van der Waals surface area contributed by atoms with Crippen molar-refractivity contribution in [1.82, 2.24) is 4.98 Å². The Hall–Kier alpha value is -0.940. The van der Waals surface area contributed by atoms with Gasteiger partial charge in [-0.15, -0.1) is 0 Å². The maximum atomic E-state index is 10.7. The molecule has 0 saturated heterocycles. The monoisotopic (exact) mass is 259 g/mol. The SMILES string of the molecule is COC(Cc1cccnc1Br)C(=O)O. The molecule has 0 amide bonds. The highest BCUT2D eigenvalue weighted by Gasteiger charge is 2.18. The van der Waals surface area contributed by atoms with E-state index in [1.54, 1.807) is 12.3 Å². The summed E-state index contributed by atoms with van der Waals surface area (Å²) < 4.78 is 5.48. The lowest BCUT2D eigenvalue weighted by Gasteiger charge is -2.10. The minimum Gasteiger partial charge on any atom is -0.479 e. The van der Waals surface area contributed by atoms with Gasteiger partial charge in [-0.2, -0.15) is 0 Å². The van der Waals surface area contributed by atoms with Crippen LogP contribution in [0.4, 0.5) is 0 Å². The topological polar surface area (TPSA) is 59.4 Å². The van der Waals surface area contributed by atoms with Gasteiger partial charge in [0, 0.05) is 19.7 Å². The average Bonchev–Trinajstić information content (AvgIpc) is 2.16. The zero-order valence-corrected chi connectivity index (χ0v) is 9.19. The summed E-state index contributed by atoms with van der Waals surface area (Å²) in [7, 11) is 1.38. The zero-order chi connectivity index (χ0) is 10.6. The fraction of sp³-hybridized carbons (Fsp3) is 0.333. The van der Waals surface area contributed by atoms with E-state index in [-0.39, 0.29) is 0 Å². The second-order valence-corrected chi connectivity index (χ2v) is 3.47. The molecule has 1 unspecified atom stereocenters. The standard InChI is InChI=1S/C9H10BrNO3/c1-14-7(9(12)13)5-6-3-2-4-11-8(6)10/h2-4,7H,5H2,1H3,(H,12,13). The smallest absolute Gasteiger partial charge is 0.333 e. The fourth-order valence-corrected chi connectivity index (χ4v) is 1.46. The maximum Gasteiger partial charge on any atom is 0.333 e. The lowest BCUT2D eigenvalue weighted by molar-refractivity contribution is -0.148. The Morgan fingerprint density at radius 2 is 2.50 bits per heavy atom. The third kappa shape index (κ3) is 2.78. The van der Waals surface area contributed by atoms with Gasteiger partial charge in [0.05, 0.1) is 0 Å². The van der Waals surface area contributed by atoms with Crippen molar-refractivity contribution in [2.75, 3.05) is 7.11 Å². The van der Waals surface area contributed by atoms with Crippen LogP contribution in [0, 0.1) is 0 Å². The molecule has 1 aromatic rings. The first-order valence-electron chi connectivity index (χ1n) is 4.00. The molecule has 0 saturated carbocycles. The summed E-state index contributed by atoms with van der Waals surface area (Å²) >= 11 is 3.24. The number of ether oxygens (including phenoxy) is 1. The second kappa shape index (κ2) is 5.07. The molecule has 0 aliphatic rings. The van der Waals surface area contributed by atoms with Gasteiger partial charge in [0.2, 0.25) is 0 Å². The molecule has 1 N–H and O–H groups in total. The number of aromatic nitrogens is 1. The fourth-order valence-electron chi connectivity index (χ4n) is 1.04. The van der Waals surface area contributed by atoms with Crippen LogP contribution in [0.25, 0.3) is 0 Å². The minimum atomic E-state index is -0.969. The first-order valence-corrected chi connectivity index (χ1v) is 4.79. The molecule has 0 fully saturated rings. The van der Waals surface area contributed by atoms with E-state index in [0.29, 0.717) is 11.0 Å². The second-order valence-electron chi connectivity index (χ2n) is 2.72. The Kier molecular flexibility index (Phi) is 4.03. The Labute approximate surface area is 90.0 Å². The summed E-state index contributed by atoms with van der Waals surface area (Å²) in [5.41, 5.74) is 0.821. The van der Waals surface area contributed by atoms with E-state index < -0.39 is 12.1 Å². The summed E-state index contributed by atoms with van der Waals surface area (Å²) in [4.78, 5) is 14.7. The number of pyridine rings is 1. The molecular weight excluding hydrogens is 250 g/mol. The number of hydrogen-bond acceptors (Lipinski definition) is 3. The number of methoxy groups -OCH3 is 1. The molecule has 1 aromatic heterocycles. The van der Waals surface area contributed by atoms with Crippen molar-refractivity contribution in [2.45, 2.75) is 12.5 Å². The predicted molar refractivity (Wildman–Crippen MR) is 54.1 cm³/mol. The molecule has 1 heterocycles. The van der Waals surface area contributed by atoms with Crippen LogP contribution < -0.4 is 0 Å². The van der Waals surface area contributed by atoms with Crippen LogP contribution in [0.1, 0.15) is 5.56 Å². The largest absolute Gasteiger partial charge is 0.479 e. The number of hydrogen-bond donors (Lipinski definition) is 1. The summed E-state index contributed by atoms with van der Waals surface area (Å²) in [5, 5.41) is 8.76. The van der Waals surface area contributed by atoms with Gasteiger partial charge in [0.1, 0.15) is 4.60 Å². The Bertz CT molecular complexity index is 330. The van der Waals surface area contributed by atoms with Crippen molar-refractivity contribution in [2.24, 2.45) is 0 Å². The van der Waals surface area contributed by atoms with Crippen LogP contribution in [0.5, 0.6) is 0 Å². The van der Waals surface area contributed by atoms with Crippen molar-refractivity contribution >= 4 is 21.9 Å². The molecule has 0 aliphatic heterocycles. The van der Waals surface area contributed by atoms with Crippen LogP contribution in [0.15, 0.2) is 22.9 Å². The van der Waals surface area contributed by atoms with E-state index >= 15 is 0 Å². The Morgan fingerprint density at radius 1 is 1.79 bits per heavy atom.